The molecule has 0 atom stereocenters. The van der Waals surface area contributed by atoms with Crippen molar-refractivity contribution in [1.29, 1.82) is 0 Å². The maximum atomic E-state index is 12.2. The highest BCUT2D eigenvalue weighted by Gasteiger charge is 2.38. The molecule has 39 heavy (non-hydrogen) atoms. The van der Waals surface area contributed by atoms with Gasteiger partial charge >= 0.3 is 12.1 Å². The largest absolute Gasteiger partial charge is 0.490 e. The Bertz CT molecular complexity index is 1440. The molecule has 0 saturated carbocycles. The third-order valence-corrected chi connectivity index (χ3v) is 9.00. The first-order valence-corrected chi connectivity index (χ1v) is 14.4. The van der Waals surface area contributed by atoms with E-state index in [1.54, 1.807) is 28.6 Å². The minimum Gasteiger partial charge on any atom is -0.475 e. The van der Waals surface area contributed by atoms with Gasteiger partial charge in [-0.05, 0) is 57.5 Å². The number of benzene rings is 1. The summed E-state index contributed by atoms with van der Waals surface area (Å²) in [4.78, 5) is 31.2. The number of H-pyrrole nitrogens is 1. The fourth-order valence-corrected chi connectivity index (χ4v) is 6.40. The van der Waals surface area contributed by atoms with Crippen LogP contribution in [-0.2, 0) is 21.4 Å². The third-order valence-electron chi connectivity index (χ3n) is 6.28. The highest BCUT2D eigenvalue weighted by Crippen LogP contribution is 2.37. The fraction of sp³-hybridized carbons (Fsp3) is 0.458. The molecular formula is C24H30F3N5O5S2. The summed E-state index contributed by atoms with van der Waals surface area (Å²) in [5.41, 5.74) is 9.66. The number of piperidine rings is 1. The molecular weight excluding hydrogens is 559 g/mol. The zero-order valence-electron chi connectivity index (χ0n) is 21.6. The van der Waals surface area contributed by atoms with Gasteiger partial charge in [0.05, 0.1) is 22.5 Å². The predicted octanol–water partition coefficient (Wildman–Crippen LogP) is 3.61. The van der Waals surface area contributed by atoms with Crippen LogP contribution < -0.4 is 5.73 Å². The van der Waals surface area contributed by atoms with Crippen molar-refractivity contribution in [3.63, 3.8) is 0 Å². The molecule has 1 amide bonds. The molecule has 2 aromatic heterocycles. The quantitative estimate of drug-likeness (QED) is 0.381. The van der Waals surface area contributed by atoms with Crippen LogP contribution >= 0.6 is 11.3 Å². The van der Waals surface area contributed by atoms with Crippen molar-refractivity contribution in [2.75, 3.05) is 32.9 Å². The van der Waals surface area contributed by atoms with Crippen molar-refractivity contribution in [3.05, 3.63) is 39.8 Å². The number of rotatable bonds is 7. The molecule has 0 bridgehead atoms. The third kappa shape index (κ3) is 7.35. The Balaban J connectivity index is 0.000000532. The van der Waals surface area contributed by atoms with Crippen LogP contribution in [0.4, 0.5) is 13.2 Å². The van der Waals surface area contributed by atoms with Crippen LogP contribution in [0.3, 0.4) is 0 Å². The number of hydrogen-bond acceptors (Lipinski definition) is 7. The topological polar surface area (TPSA) is 150 Å². The number of sulfonamides is 1. The number of nitrogens with one attached hydrogen (secondary N) is 1. The maximum Gasteiger partial charge on any atom is 0.490 e. The van der Waals surface area contributed by atoms with Crippen molar-refractivity contribution in [3.8, 4) is 11.3 Å². The van der Waals surface area contributed by atoms with E-state index in [9.17, 15) is 26.4 Å². The molecule has 4 rings (SSSR count). The highest BCUT2D eigenvalue weighted by molar-refractivity contribution is 7.89. The van der Waals surface area contributed by atoms with E-state index in [0.717, 1.165) is 52.1 Å². The molecule has 1 fully saturated rings. The number of carboxylic acids is 1. The Labute approximate surface area is 227 Å². The molecule has 15 heteroatoms. The second-order valence-corrected chi connectivity index (χ2v) is 12.5. The van der Waals surface area contributed by atoms with Crippen molar-refractivity contribution in [1.82, 2.24) is 19.2 Å². The van der Waals surface area contributed by atoms with E-state index in [2.05, 4.69) is 16.0 Å². The number of halogens is 3. The van der Waals surface area contributed by atoms with Crippen molar-refractivity contribution < 1.29 is 36.3 Å². The average molecular weight is 590 g/mol. The minimum atomic E-state index is -5.08. The Kier molecular flexibility index (Phi) is 9.41. The van der Waals surface area contributed by atoms with Crippen LogP contribution in [0, 0.1) is 0 Å². The fourth-order valence-electron chi connectivity index (χ4n) is 4.35. The van der Waals surface area contributed by atoms with E-state index in [1.165, 1.54) is 0 Å². The average Bonchev–Trinajstić information content (AvgIpc) is 3.50. The van der Waals surface area contributed by atoms with Gasteiger partial charge in [-0.2, -0.15) is 13.2 Å². The van der Waals surface area contributed by atoms with Crippen molar-refractivity contribution in [2.24, 2.45) is 5.73 Å². The van der Waals surface area contributed by atoms with E-state index in [4.69, 9.17) is 20.6 Å². The summed E-state index contributed by atoms with van der Waals surface area (Å²) in [5, 5.41) is 11.1. The summed E-state index contributed by atoms with van der Waals surface area (Å²) < 4.78 is 57.7. The van der Waals surface area contributed by atoms with Crippen LogP contribution in [0.1, 0.15) is 46.6 Å². The summed E-state index contributed by atoms with van der Waals surface area (Å²) >= 11 is 1.59. The van der Waals surface area contributed by atoms with Crippen LogP contribution in [-0.4, -0.2) is 83.7 Å². The van der Waals surface area contributed by atoms with Gasteiger partial charge in [-0.15, -0.1) is 11.3 Å². The molecule has 4 N–H and O–H groups in total. The second-order valence-electron chi connectivity index (χ2n) is 9.30. The lowest BCUT2D eigenvalue weighted by atomic mass is 9.89. The van der Waals surface area contributed by atoms with Gasteiger partial charge in [0.1, 0.15) is 5.01 Å². The number of carbonyl (C=O) groups is 2. The van der Waals surface area contributed by atoms with Gasteiger partial charge in [0.25, 0.3) is 5.91 Å². The molecule has 1 aliphatic heterocycles. The van der Waals surface area contributed by atoms with Gasteiger partial charge in [0.15, 0.2) is 0 Å². The molecule has 0 unspecified atom stereocenters. The second kappa shape index (κ2) is 12.0. The molecule has 214 valence electrons. The zero-order chi connectivity index (χ0) is 29.1. The smallest absolute Gasteiger partial charge is 0.475 e. The maximum absolute atomic E-state index is 12.2. The molecule has 3 aromatic rings. The lowest BCUT2D eigenvalue weighted by molar-refractivity contribution is -0.192. The number of carbonyl (C=O) groups excluding carboxylic acids is 1. The van der Waals surface area contributed by atoms with E-state index in [-0.39, 0.29) is 11.7 Å². The number of fused-ring (bicyclic) bond motifs is 1. The summed E-state index contributed by atoms with van der Waals surface area (Å²) in [5.74, 6) is -2.91. The van der Waals surface area contributed by atoms with Crippen LogP contribution in [0.5, 0.6) is 0 Å². The Hall–Kier alpha value is -3.01. The van der Waals surface area contributed by atoms with E-state index >= 15 is 0 Å². The molecule has 1 saturated heterocycles. The number of carboxylic acid groups (broad SMARTS) is 1. The molecule has 1 aliphatic rings. The molecule has 1 aromatic carbocycles. The summed E-state index contributed by atoms with van der Waals surface area (Å²) in [7, 11) is 0.834. The number of hydrogen-bond donors (Lipinski definition) is 3. The van der Waals surface area contributed by atoms with E-state index < -0.39 is 28.1 Å². The lowest BCUT2D eigenvalue weighted by Crippen LogP contribution is -2.38. The molecule has 0 radical (unpaired) electrons. The van der Waals surface area contributed by atoms with Gasteiger partial charge in [-0.3, -0.25) is 4.79 Å². The SMILES string of the molecule is CCS(=O)(=O)N1CCC(c2c[nH]c3c(C(N)=O)cc(-c4csc(CN(C)C)n4)cc23)CC1.O=C(O)C(F)(F)F. The first-order valence-electron chi connectivity index (χ1n) is 12.0. The number of aliphatic carboxylic acids is 1. The van der Waals surface area contributed by atoms with Gasteiger partial charge in [-0.25, -0.2) is 22.5 Å². The van der Waals surface area contributed by atoms with Gasteiger partial charge < -0.3 is 20.7 Å². The standard InChI is InChI=1S/C22H29N5O3S2.C2HF3O2/c1-4-32(29,30)27-7-5-14(6-8-27)18-11-24-21-16(18)9-15(10-17(21)22(23)28)19-13-31-20(25-19)12-26(2)3;3-2(4,5)1(6)7/h9-11,13-14,24H,4-8,12H2,1-3H3,(H2,23,28);(H,6,7). The number of nitrogens with zero attached hydrogens (tertiary/aromatic N) is 3. The number of nitrogens with two attached hydrogens (primary N) is 1. The Morgan fingerprint density at radius 1 is 1.26 bits per heavy atom. The number of aromatic amines is 1. The molecule has 10 nitrogen and oxygen atoms in total. The molecule has 0 aliphatic carbocycles. The van der Waals surface area contributed by atoms with Gasteiger partial charge in [-0.1, -0.05) is 0 Å². The van der Waals surface area contributed by atoms with E-state index in [1.807, 2.05) is 25.7 Å². The van der Waals surface area contributed by atoms with Crippen LogP contribution in [0.2, 0.25) is 0 Å². The Morgan fingerprint density at radius 2 is 1.87 bits per heavy atom. The summed E-state index contributed by atoms with van der Waals surface area (Å²) in [6.45, 7) is 3.45. The lowest BCUT2D eigenvalue weighted by Gasteiger charge is -2.31. The number of alkyl halides is 3. The number of amides is 1. The first kappa shape index (κ1) is 30.5. The molecule has 3 heterocycles. The highest BCUT2D eigenvalue weighted by atomic mass is 32.2. The number of aromatic nitrogens is 2. The Morgan fingerprint density at radius 3 is 2.38 bits per heavy atom. The van der Waals surface area contributed by atoms with Crippen LogP contribution in [0.15, 0.2) is 23.7 Å². The van der Waals surface area contributed by atoms with Crippen molar-refractivity contribution in [2.45, 2.75) is 38.4 Å². The van der Waals surface area contributed by atoms with Crippen LogP contribution in [0.25, 0.3) is 22.2 Å². The van der Waals surface area contributed by atoms with Gasteiger partial charge in [0.2, 0.25) is 10.0 Å². The van der Waals surface area contributed by atoms with Gasteiger partial charge in [0, 0.05) is 42.2 Å². The minimum absolute atomic E-state index is 0.125. The molecule has 0 spiro atoms. The summed E-state index contributed by atoms with van der Waals surface area (Å²) in [6, 6.07) is 3.87. The van der Waals surface area contributed by atoms with E-state index in [0.29, 0.717) is 18.7 Å². The zero-order valence-corrected chi connectivity index (χ0v) is 23.2. The predicted molar refractivity (Wildman–Crippen MR) is 142 cm³/mol. The number of thiazole rings is 1. The number of primary amides is 1. The normalized spacial score (nSPS) is 15.4. The summed E-state index contributed by atoms with van der Waals surface area (Å²) in [6.07, 6.45) is -1.66. The first-order chi connectivity index (χ1) is 18.1. The van der Waals surface area contributed by atoms with Crippen molar-refractivity contribution >= 4 is 44.1 Å². The monoisotopic (exact) mass is 589 g/mol.